The van der Waals surface area contributed by atoms with E-state index in [-0.39, 0.29) is 30.4 Å². The number of nitrogens with zero attached hydrogens (tertiary/aromatic N) is 1. The highest BCUT2D eigenvalue weighted by molar-refractivity contribution is 5.94. The molecule has 21 heavy (non-hydrogen) atoms. The van der Waals surface area contributed by atoms with Gasteiger partial charge in [0.1, 0.15) is 0 Å². The third-order valence-corrected chi connectivity index (χ3v) is 3.30. The van der Waals surface area contributed by atoms with Gasteiger partial charge in [0, 0.05) is 30.7 Å². The van der Waals surface area contributed by atoms with E-state index in [4.69, 9.17) is 0 Å². The van der Waals surface area contributed by atoms with Crippen molar-refractivity contribution in [2.45, 2.75) is 32.1 Å². The van der Waals surface area contributed by atoms with Gasteiger partial charge in [0.25, 0.3) is 5.91 Å². The van der Waals surface area contributed by atoms with Crippen LogP contribution in [0.4, 0.5) is 13.2 Å². The summed E-state index contributed by atoms with van der Waals surface area (Å²) in [5.41, 5.74) is -0.449. The fraction of sp³-hybridized carbons (Fsp3) is 0.500. The Morgan fingerprint density at radius 3 is 2.05 bits per heavy atom. The Kier molecular flexibility index (Phi) is 5.64. The molecule has 1 N–H and O–H groups in total. The number of piperazine rings is 1. The number of benzene rings is 1. The van der Waals surface area contributed by atoms with E-state index in [0.29, 0.717) is 18.7 Å². The van der Waals surface area contributed by atoms with Gasteiger partial charge in [0.15, 0.2) is 0 Å². The average Bonchev–Trinajstić information content (AvgIpc) is 2.36. The summed E-state index contributed by atoms with van der Waals surface area (Å²) in [6.07, 6.45) is -4.38. The second-order valence-electron chi connectivity index (χ2n) is 5.25. The van der Waals surface area contributed by atoms with Gasteiger partial charge >= 0.3 is 6.18 Å². The van der Waals surface area contributed by atoms with Gasteiger partial charge in [-0.1, -0.05) is 0 Å². The Hall–Kier alpha value is -1.27. The van der Waals surface area contributed by atoms with Crippen molar-refractivity contribution in [1.82, 2.24) is 10.2 Å². The van der Waals surface area contributed by atoms with Crippen LogP contribution in [0.25, 0.3) is 0 Å². The highest BCUT2D eigenvalue weighted by Crippen LogP contribution is 2.29. The van der Waals surface area contributed by atoms with Crippen molar-refractivity contribution in [3.8, 4) is 0 Å². The summed E-state index contributed by atoms with van der Waals surface area (Å²) in [6, 6.07) is 4.73. The molecule has 1 aromatic carbocycles. The largest absolute Gasteiger partial charge is 0.416 e. The van der Waals surface area contributed by atoms with Crippen LogP contribution in [0, 0.1) is 0 Å². The summed E-state index contributed by atoms with van der Waals surface area (Å²) in [5, 5.41) is 3.30. The van der Waals surface area contributed by atoms with E-state index in [1.54, 1.807) is 4.90 Å². The normalized spacial score (nSPS) is 22.6. The highest BCUT2D eigenvalue weighted by atomic mass is 35.5. The van der Waals surface area contributed by atoms with Gasteiger partial charge < -0.3 is 10.2 Å². The molecule has 0 radical (unpaired) electrons. The summed E-state index contributed by atoms with van der Waals surface area (Å²) in [6.45, 7) is 5.07. The van der Waals surface area contributed by atoms with Gasteiger partial charge in [0.05, 0.1) is 5.56 Å². The van der Waals surface area contributed by atoms with Crippen LogP contribution in [0.5, 0.6) is 0 Å². The lowest BCUT2D eigenvalue weighted by molar-refractivity contribution is -0.137. The molecule has 118 valence electrons. The minimum atomic E-state index is -4.38. The molecule has 1 fully saturated rings. The van der Waals surface area contributed by atoms with E-state index in [0.717, 1.165) is 12.1 Å². The molecular weight excluding hydrogens is 305 g/mol. The minimum Gasteiger partial charge on any atom is -0.336 e. The van der Waals surface area contributed by atoms with Crippen LogP contribution in [0.3, 0.4) is 0 Å². The molecule has 1 amide bonds. The lowest BCUT2D eigenvalue weighted by atomic mass is 10.1. The zero-order chi connectivity index (χ0) is 14.9. The predicted molar refractivity (Wildman–Crippen MR) is 76.7 cm³/mol. The number of alkyl halides is 3. The first-order valence-corrected chi connectivity index (χ1v) is 6.50. The molecular formula is C14H18ClF3N2O. The molecule has 0 aromatic heterocycles. The SMILES string of the molecule is CC1CN(C(=O)c2ccc(C(F)(F)F)cc2)CC(C)N1.Cl. The van der Waals surface area contributed by atoms with Crippen LogP contribution in [0.15, 0.2) is 24.3 Å². The van der Waals surface area contributed by atoms with Crippen molar-refractivity contribution >= 4 is 18.3 Å². The van der Waals surface area contributed by atoms with Crippen molar-refractivity contribution in [3.05, 3.63) is 35.4 Å². The molecule has 2 unspecified atom stereocenters. The Balaban J connectivity index is 0.00000220. The van der Waals surface area contributed by atoms with E-state index < -0.39 is 11.7 Å². The molecule has 1 aliphatic rings. The molecule has 7 heteroatoms. The molecule has 1 aliphatic heterocycles. The Morgan fingerprint density at radius 1 is 1.14 bits per heavy atom. The predicted octanol–water partition coefficient (Wildman–Crippen LogP) is 2.95. The quantitative estimate of drug-likeness (QED) is 0.862. The third kappa shape index (κ3) is 4.35. The van der Waals surface area contributed by atoms with E-state index >= 15 is 0 Å². The lowest BCUT2D eigenvalue weighted by Crippen LogP contribution is -2.55. The van der Waals surface area contributed by atoms with Crippen molar-refractivity contribution in [2.75, 3.05) is 13.1 Å². The maximum absolute atomic E-state index is 12.5. The molecule has 1 heterocycles. The second-order valence-corrected chi connectivity index (χ2v) is 5.25. The van der Waals surface area contributed by atoms with Crippen LogP contribution < -0.4 is 5.32 Å². The molecule has 0 spiro atoms. The molecule has 0 saturated carbocycles. The lowest BCUT2D eigenvalue weighted by Gasteiger charge is -2.36. The summed E-state index contributed by atoms with van der Waals surface area (Å²) in [5.74, 6) is -0.223. The van der Waals surface area contributed by atoms with Crippen LogP contribution >= 0.6 is 12.4 Å². The number of hydrogen-bond donors (Lipinski definition) is 1. The minimum absolute atomic E-state index is 0. The maximum Gasteiger partial charge on any atom is 0.416 e. The van der Waals surface area contributed by atoms with Gasteiger partial charge in [-0.05, 0) is 38.1 Å². The summed E-state index contributed by atoms with van der Waals surface area (Å²) < 4.78 is 37.4. The number of hydrogen-bond acceptors (Lipinski definition) is 2. The van der Waals surface area contributed by atoms with Crippen LogP contribution in [-0.4, -0.2) is 36.0 Å². The van der Waals surface area contributed by atoms with E-state index in [9.17, 15) is 18.0 Å². The number of amides is 1. The Bertz CT molecular complexity index is 480. The third-order valence-electron chi connectivity index (χ3n) is 3.30. The van der Waals surface area contributed by atoms with Crippen LogP contribution in [-0.2, 0) is 6.18 Å². The van der Waals surface area contributed by atoms with Crippen molar-refractivity contribution in [3.63, 3.8) is 0 Å². The smallest absolute Gasteiger partial charge is 0.336 e. The second kappa shape index (κ2) is 6.66. The van der Waals surface area contributed by atoms with Crippen molar-refractivity contribution < 1.29 is 18.0 Å². The van der Waals surface area contributed by atoms with Crippen molar-refractivity contribution in [1.29, 1.82) is 0 Å². The fourth-order valence-electron chi connectivity index (χ4n) is 2.48. The van der Waals surface area contributed by atoms with Gasteiger partial charge in [-0.3, -0.25) is 4.79 Å². The molecule has 3 nitrogen and oxygen atoms in total. The van der Waals surface area contributed by atoms with Gasteiger partial charge in [-0.15, -0.1) is 12.4 Å². The first-order valence-electron chi connectivity index (χ1n) is 6.50. The summed E-state index contributed by atoms with van der Waals surface area (Å²) in [7, 11) is 0. The number of halogens is 4. The zero-order valence-electron chi connectivity index (χ0n) is 11.8. The topological polar surface area (TPSA) is 32.3 Å². The zero-order valence-corrected chi connectivity index (χ0v) is 12.6. The summed E-state index contributed by atoms with van der Waals surface area (Å²) >= 11 is 0. The monoisotopic (exact) mass is 322 g/mol. The van der Waals surface area contributed by atoms with E-state index in [1.165, 1.54) is 12.1 Å². The van der Waals surface area contributed by atoms with E-state index in [2.05, 4.69) is 5.32 Å². The van der Waals surface area contributed by atoms with Crippen LogP contribution in [0.2, 0.25) is 0 Å². The molecule has 2 atom stereocenters. The van der Waals surface area contributed by atoms with Crippen molar-refractivity contribution in [2.24, 2.45) is 0 Å². The maximum atomic E-state index is 12.5. The van der Waals surface area contributed by atoms with Gasteiger partial charge in [-0.2, -0.15) is 13.2 Å². The standard InChI is InChI=1S/C14H17F3N2O.ClH/c1-9-7-19(8-10(2)18-9)13(20)11-3-5-12(6-4-11)14(15,16)17;/h3-6,9-10,18H,7-8H2,1-2H3;1H. The Morgan fingerprint density at radius 2 is 1.62 bits per heavy atom. The summed E-state index contributed by atoms with van der Waals surface area (Å²) in [4.78, 5) is 13.9. The Labute approximate surface area is 127 Å². The number of rotatable bonds is 1. The van der Waals surface area contributed by atoms with Gasteiger partial charge in [0.2, 0.25) is 0 Å². The molecule has 0 bridgehead atoms. The van der Waals surface area contributed by atoms with E-state index in [1.807, 2.05) is 13.8 Å². The first kappa shape index (κ1) is 17.8. The highest BCUT2D eigenvalue weighted by Gasteiger charge is 2.31. The number of carbonyl (C=O) groups excluding carboxylic acids is 1. The fourth-order valence-corrected chi connectivity index (χ4v) is 2.48. The first-order chi connectivity index (χ1) is 9.27. The van der Waals surface area contributed by atoms with Crippen LogP contribution in [0.1, 0.15) is 29.8 Å². The molecule has 1 saturated heterocycles. The average molecular weight is 323 g/mol. The number of nitrogens with one attached hydrogen (secondary N) is 1. The number of carbonyl (C=O) groups is 1. The molecule has 1 aromatic rings. The van der Waals surface area contributed by atoms with Gasteiger partial charge in [-0.25, -0.2) is 0 Å². The molecule has 2 rings (SSSR count). The molecule has 0 aliphatic carbocycles.